The molecule has 3 nitrogen and oxygen atoms in total. The molecule has 0 unspecified atom stereocenters. The predicted octanol–water partition coefficient (Wildman–Crippen LogP) is 4.34. The molecule has 3 aromatic rings. The number of aliphatic carboxylic acids is 1. The number of hydrogen-bond acceptors (Lipinski definition) is 1. The Bertz CT molecular complexity index is 889. The molecule has 0 saturated heterocycles. The van der Waals surface area contributed by atoms with Crippen LogP contribution in [-0.2, 0) is 11.2 Å². The van der Waals surface area contributed by atoms with Crippen LogP contribution in [0.5, 0.6) is 0 Å². The lowest BCUT2D eigenvalue weighted by Gasteiger charge is -2.05. The van der Waals surface area contributed by atoms with Crippen molar-refractivity contribution in [1.29, 1.82) is 0 Å². The van der Waals surface area contributed by atoms with Crippen LogP contribution in [-0.4, -0.2) is 16.1 Å². The first kappa shape index (κ1) is 15.0. The van der Waals surface area contributed by atoms with Gasteiger partial charge in [0.1, 0.15) is 11.6 Å². The minimum absolute atomic E-state index is 0.156. The fraction of sp³-hybridized carbons (Fsp3) is 0.0625. The summed E-state index contributed by atoms with van der Waals surface area (Å²) in [5.74, 6) is -2.41. The lowest BCUT2D eigenvalue weighted by Crippen LogP contribution is -2.01. The number of aromatic nitrogens is 1. The zero-order chi connectivity index (χ0) is 15.9. The molecule has 0 radical (unpaired) electrons. The van der Waals surface area contributed by atoms with E-state index in [2.05, 4.69) is 27.6 Å². The third kappa shape index (κ3) is 2.70. The predicted molar refractivity (Wildman–Crippen MR) is 87.7 cm³/mol. The summed E-state index contributed by atoms with van der Waals surface area (Å²) < 4.78 is 28.1. The Morgan fingerprint density at radius 1 is 1.18 bits per heavy atom. The van der Waals surface area contributed by atoms with Gasteiger partial charge in [-0.2, -0.15) is 0 Å². The number of H-pyrrole nitrogens is 1. The fourth-order valence-electron chi connectivity index (χ4n) is 2.48. The van der Waals surface area contributed by atoms with Crippen LogP contribution in [0, 0.1) is 15.2 Å². The van der Waals surface area contributed by atoms with Crippen molar-refractivity contribution in [3.63, 3.8) is 0 Å². The molecule has 0 aliphatic rings. The smallest absolute Gasteiger partial charge is 0.307 e. The van der Waals surface area contributed by atoms with E-state index in [4.69, 9.17) is 5.11 Å². The van der Waals surface area contributed by atoms with Crippen LogP contribution in [0.3, 0.4) is 0 Å². The van der Waals surface area contributed by atoms with E-state index in [0.29, 0.717) is 11.3 Å². The molecule has 0 spiro atoms. The van der Waals surface area contributed by atoms with E-state index in [1.54, 1.807) is 0 Å². The number of benzene rings is 2. The van der Waals surface area contributed by atoms with Crippen LogP contribution in [0.25, 0.3) is 22.2 Å². The molecular weight excluding hydrogens is 403 g/mol. The van der Waals surface area contributed by atoms with Crippen molar-refractivity contribution >= 4 is 39.5 Å². The highest BCUT2D eigenvalue weighted by Gasteiger charge is 2.18. The van der Waals surface area contributed by atoms with Crippen molar-refractivity contribution in [3.8, 4) is 11.3 Å². The number of fused-ring (bicyclic) bond motifs is 1. The summed E-state index contributed by atoms with van der Waals surface area (Å²) >= 11 is 2.13. The second-order valence-corrected chi connectivity index (χ2v) is 6.11. The van der Waals surface area contributed by atoms with Gasteiger partial charge in [0.2, 0.25) is 0 Å². The SMILES string of the molecule is O=C(O)Cc1c(-c2ccc(F)cc2F)[nH]c2ccc(I)cc12. The van der Waals surface area contributed by atoms with E-state index < -0.39 is 17.6 Å². The highest BCUT2D eigenvalue weighted by Crippen LogP contribution is 2.33. The molecule has 0 atom stereocenters. The van der Waals surface area contributed by atoms with E-state index in [-0.39, 0.29) is 12.0 Å². The standard InChI is InChI=1S/C16H10F2INO2/c17-8-1-3-10(13(18)5-8)16-12(7-15(21)22)11-6-9(19)2-4-14(11)20-16/h1-6,20H,7H2,(H,21,22). The summed E-state index contributed by atoms with van der Waals surface area (Å²) in [6, 6.07) is 8.77. The van der Waals surface area contributed by atoms with Gasteiger partial charge in [-0.25, -0.2) is 8.78 Å². The Hall–Kier alpha value is -1.96. The molecule has 0 fully saturated rings. The minimum atomic E-state index is -1.01. The number of aromatic amines is 1. The lowest BCUT2D eigenvalue weighted by molar-refractivity contribution is -0.136. The Morgan fingerprint density at radius 2 is 1.95 bits per heavy atom. The second kappa shape index (κ2) is 5.68. The van der Waals surface area contributed by atoms with Gasteiger partial charge in [-0.05, 0) is 58.5 Å². The number of carboxylic acids is 1. The van der Waals surface area contributed by atoms with Gasteiger partial charge in [-0.15, -0.1) is 0 Å². The normalized spacial score (nSPS) is 11.0. The van der Waals surface area contributed by atoms with E-state index >= 15 is 0 Å². The quantitative estimate of drug-likeness (QED) is 0.628. The van der Waals surface area contributed by atoms with Crippen LogP contribution in [0.1, 0.15) is 5.56 Å². The third-order valence-electron chi connectivity index (χ3n) is 3.40. The van der Waals surface area contributed by atoms with Crippen LogP contribution < -0.4 is 0 Å². The van der Waals surface area contributed by atoms with Gasteiger partial charge in [0, 0.05) is 26.1 Å². The molecule has 22 heavy (non-hydrogen) atoms. The largest absolute Gasteiger partial charge is 0.481 e. The zero-order valence-corrected chi connectivity index (χ0v) is 13.3. The number of carbonyl (C=O) groups is 1. The molecule has 1 aromatic heterocycles. The molecule has 3 rings (SSSR count). The maximum atomic E-state index is 14.1. The third-order valence-corrected chi connectivity index (χ3v) is 4.07. The molecule has 112 valence electrons. The highest BCUT2D eigenvalue weighted by atomic mass is 127. The van der Waals surface area contributed by atoms with Crippen molar-refractivity contribution in [2.45, 2.75) is 6.42 Å². The molecule has 2 aromatic carbocycles. The van der Waals surface area contributed by atoms with Crippen LogP contribution >= 0.6 is 22.6 Å². The molecule has 0 bridgehead atoms. The summed E-state index contributed by atoms with van der Waals surface area (Å²) in [6.07, 6.45) is -0.244. The molecule has 0 aliphatic carbocycles. The topological polar surface area (TPSA) is 53.1 Å². The van der Waals surface area contributed by atoms with Gasteiger partial charge in [0.25, 0.3) is 0 Å². The Kier molecular flexibility index (Phi) is 3.86. The summed E-state index contributed by atoms with van der Waals surface area (Å²) in [5.41, 5.74) is 1.74. The van der Waals surface area contributed by atoms with Gasteiger partial charge in [-0.1, -0.05) is 0 Å². The van der Waals surface area contributed by atoms with Gasteiger partial charge >= 0.3 is 5.97 Å². The van der Waals surface area contributed by atoms with Gasteiger partial charge in [-0.3, -0.25) is 4.79 Å². The van der Waals surface area contributed by atoms with E-state index in [0.717, 1.165) is 26.6 Å². The Morgan fingerprint density at radius 3 is 2.64 bits per heavy atom. The van der Waals surface area contributed by atoms with Gasteiger partial charge < -0.3 is 10.1 Å². The van der Waals surface area contributed by atoms with Gasteiger partial charge in [0.15, 0.2) is 0 Å². The Labute approximate surface area is 138 Å². The summed E-state index contributed by atoms with van der Waals surface area (Å²) in [5, 5.41) is 9.86. The summed E-state index contributed by atoms with van der Waals surface area (Å²) in [4.78, 5) is 14.2. The first-order valence-corrected chi connectivity index (χ1v) is 7.51. The zero-order valence-electron chi connectivity index (χ0n) is 11.2. The Balaban J connectivity index is 2.30. The van der Waals surface area contributed by atoms with Crippen LogP contribution in [0.4, 0.5) is 8.78 Å². The van der Waals surface area contributed by atoms with Crippen molar-refractivity contribution in [2.75, 3.05) is 0 Å². The van der Waals surface area contributed by atoms with Crippen molar-refractivity contribution in [3.05, 3.63) is 57.2 Å². The molecule has 0 aliphatic heterocycles. The number of hydrogen-bond donors (Lipinski definition) is 2. The monoisotopic (exact) mass is 413 g/mol. The van der Waals surface area contributed by atoms with Crippen molar-refractivity contribution in [1.82, 2.24) is 4.98 Å². The second-order valence-electron chi connectivity index (χ2n) is 4.86. The van der Waals surface area contributed by atoms with Crippen LogP contribution in [0.15, 0.2) is 36.4 Å². The summed E-state index contributed by atoms with van der Waals surface area (Å²) in [6.45, 7) is 0. The molecule has 0 saturated carbocycles. The van der Waals surface area contributed by atoms with E-state index in [9.17, 15) is 13.6 Å². The molecule has 1 heterocycles. The number of halogens is 3. The lowest BCUT2D eigenvalue weighted by atomic mass is 10.0. The molecular formula is C16H10F2INO2. The van der Waals surface area contributed by atoms with Gasteiger partial charge in [0.05, 0.1) is 12.1 Å². The maximum absolute atomic E-state index is 14.1. The first-order valence-electron chi connectivity index (χ1n) is 6.43. The number of nitrogens with one attached hydrogen (secondary N) is 1. The number of carboxylic acid groups (broad SMARTS) is 1. The average molecular weight is 413 g/mol. The highest BCUT2D eigenvalue weighted by molar-refractivity contribution is 14.1. The van der Waals surface area contributed by atoms with Crippen molar-refractivity contribution < 1.29 is 18.7 Å². The summed E-state index contributed by atoms with van der Waals surface area (Å²) in [7, 11) is 0. The average Bonchev–Trinajstić information content (AvgIpc) is 2.76. The maximum Gasteiger partial charge on any atom is 0.307 e. The molecule has 0 amide bonds. The van der Waals surface area contributed by atoms with Crippen molar-refractivity contribution in [2.24, 2.45) is 0 Å². The van der Waals surface area contributed by atoms with Crippen LogP contribution in [0.2, 0.25) is 0 Å². The van der Waals surface area contributed by atoms with E-state index in [1.807, 2.05) is 18.2 Å². The minimum Gasteiger partial charge on any atom is -0.481 e. The molecule has 6 heteroatoms. The van der Waals surface area contributed by atoms with E-state index in [1.165, 1.54) is 6.07 Å². The fourth-order valence-corrected chi connectivity index (χ4v) is 2.97. The molecule has 2 N–H and O–H groups in total. The first-order chi connectivity index (χ1) is 10.5. The number of rotatable bonds is 3.